The van der Waals surface area contributed by atoms with Crippen LogP contribution in [0.25, 0.3) is 0 Å². The minimum absolute atomic E-state index is 0. The molecule has 0 aromatic heterocycles. The van der Waals surface area contributed by atoms with Crippen molar-refractivity contribution in [2.45, 2.75) is 0 Å². The van der Waals surface area contributed by atoms with E-state index < -0.39 is 0 Å². The number of hydrogen-bond acceptors (Lipinski definition) is 0. The van der Waals surface area contributed by atoms with E-state index in [1.54, 1.807) is 0 Å². The molecule has 0 unspecified atom stereocenters. The van der Waals surface area contributed by atoms with Gasteiger partial charge in [-0.15, -0.1) is 0 Å². The van der Waals surface area contributed by atoms with E-state index in [0.29, 0.717) is 0 Å². The molecule has 0 rings (SSSR count). The van der Waals surface area contributed by atoms with Crippen LogP contribution < -0.4 is 17.3 Å². The van der Waals surface area contributed by atoms with Gasteiger partial charge in [0, 0.05) is 0 Å². The van der Waals surface area contributed by atoms with Gasteiger partial charge in [-0.2, -0.15) is 0 Å². The van der Waals surface area contributed by atoms with E-state index >= 15 is 0 Å². The average molecular weight is 172 g/mol. The van der Waals surface area contributed by atoms with Crippen molar-refractivity contribution >= 4 is 17.6 Å². The van der Waals surface area contributed by atoms with E-state index in [1.165, 1.54) is 4.90 Å². The third-order valence-corrected chi connectivity index (χ3v) is 0. The van der Waals surface area contributed by atoms with Gasteiger partial charge in [0.1, 0.15) is 0 Å². The predicted octanol–water partition coefficient (Wildman–Crippen LogP) is -5.69. The van der Waals surface area contributed by atoms with E-state index in [0.717, 1.165) is 0 Å². The molecule has 0 saturated heterocycles. The molecule has 0 fully saturated rings. The monoisotopic (exact) mass is 173 g/mol. The quantitative estimate of drug-likeness (QED) is 0.347. The second kappa shape index (κ2) is 9.25. The molecule has 0 spiro atoms. The van der Waals surface area contributed by atoms with E-state index in [4.69, 9.17) is 0 Å². The Labute approximate surface area is 56.5 Å². The van der Waals surface area contributed by atoms with Gasteiger partial charge in [0.05, 0.1) is 21.1 Å². The normalized spacial score (nSPS) is 6.00. The zero-order valence-electron chi connectivity index (χ0n) is 3.88. The third-order valence-electron chi connectivity index (χ3n) is 0. The van der Waals surface area contributed by atoms with Crippen LogP contribution in [0.5, 0.6) is 0 Å². The Balaban J connectivity index is -0.0000000450. The van der Waals surface area contributed by atoms with Crippen molar-refractivity contribution < 1.29 is 17.3 Å². The third kappa shape index (κ3) is 110. The number of hydrogen-bond donors (Lipinski definition) is 1. The van der Waals surface area contributed by atoms with Gasteiger partial charge in [-0.3, -0.25) is 0 Å². The van der Waals surface area contributed by atoms with Crippen LogP contribution in [0.3, 0.4) is 0 Å². The molecule has 0 atom stereocenters. The van der Waals surface area contributed by atoms with Gasteiger partial charge in [-0.1, -0.05) is 0 Å². The van der Waals surface area contributed by atoms with Gasteiger partial charge in [0.15, 0.2) is 0 Å². The van der Waals surface area contributed by atoms with Crippen LogP contribution in [0, 0.1) is 0 Å². The second-order valence-corrected chi connectivity index (χ2v) is 1.50. The van der Waals surface area contributed by atoms with Gasteiger partial charge < -0.3 is 17.3 Å². The molecule has 42 valence electrons. The van der Waals surface area contributed by atoms with Gasteiger partial charge in [-0.05, 0) is 0 Å². The van der Waals surface area contributed by atoms with Gasteiger partial charge in [0.2, 0.25) is 0 Å². The predicted molar refractivity (Wildman–Crippen MR) is 30.1 cm³/mol. The molecule has 0 amide bonds. The van der Waals surface area contributed by atoms with E-state index in [9.17, 15) is 0 Å². The van der Waals surface area contributed by atoms with Crippen molar-refractivity contribution in [2.75, 3.05) is 21.1 Å². The van der Waals surface area contributed by atoms with Crippen LogP contribution in [0.1, 0.15) is 0 Å². The maximum absolute atomic E-state index is 2.08. The molecular formula is C3H14ClGeN. The van der Waals surface area contributed by atoms with Crippen molar-refractivity contribution in [2.24, 2.45) is 0 Å². The fourth-order valence-electron chi connectivity index (χ4n) is 0. The number of rotatable bonds is 0. The fourth-order valence-corrected chi connectivity index (χ4v) is 0. The van der Waals surface area contributed by atoms with Gasteiger partial charge in [-0.25, -0.2) is 0 Å². The van der Waals surface area contributed by atoms with Crippen molar-refractivity contribution in [1.82, 2.24) is 0 Å². The number of nitrogens with one attached hydrogen (secondary N) is 1. The summed E-state index contributed by atoms with van der Waals surface area (Å²) in [5.41, 5.74) is 0. The molecular weight excluding hydrogens is 158 g/mol. The Morgan fingerprint density at radius 2 is 1.00 bits per heavy atom. The summed E-state index contributed by atoms with van der Waals surface area (Å²) < 4.78 is 0. The molecule has 1 N–H and O–H groups in total. The summed E-state index contributed by atoms with van der Waals surface area (Å²) >= 11 is 0. The Morgan fingerprint density at radius 1 is 1.00 bits per heavy atom. The topological polar surface area (TPSA) is 4.44 Å². The van der Waals surface area contributed by atoms with Crippen molar-refractivity contribution in [3.05, 3.63) is 0 Å². The zero-order valence-corrected chi connectivity index (χ0v) is 4.63. The summed E-state index contributed by atoms with van der Waals surface area (Å²) in [6.07, 6.45) is 0. The molecule has 0 aromatic rings. The summed E-state index contributed by atoms with van der Waals surface area (Å²) in [4.78, 5) is 1.42. The summed E-state index contributed by atoms with van der Waals surface area (Å²) in [5, 5.41) is 0. The Kier molecular flexibility index (Phi) is 24.4. The molecule has 0 radical (unpaired) electrons. The first-order chi connectivity index (χ1) is 1.73. The SMILES string of the molecule is C[NH+](C)C.[Cl-].[GeH4]. The van der Waals surface area contributed by atoms with Gasteiger partial charge in [0.25, 0.3) is 0 Å². The van der Waals surface area contributed by atoms with Crippen molar-refractivity contribution in [3.8, 4) is 0 Å². The van der Waals surface area contributed by atoms with Gasteiger partial charge >= 0.3 is 17.6 Å². The average Bonchev–Trinajstić information content (AvgIpc) is 0.811. The first-order valence-electron chi connectivity index (χ1n) is 1.50. The number of halogens is 1. The van der Waals surface area contributed by atoms with Crippen LogP contribution >= 0.6 is 0 Å². The Bertz CT molecular complexity index is 15.5. The molecule has 1 nitrogen and oxygen atoms in total. The van der Waals surface area contributed by atoms with E-state index in [2.05, 4.69) is 21.1 Å². The first-order valence-corrected chi connectivity index (χ1v) is 1.50. The molecule has 3 heteroatoms. The summed E-state index contributed by atoms with van der Waals surface area (Å²) in [6.45, 7) is 0. The van der Waals surface area contributed by atoms with Crippen LogP contribution in [0.15, 0.2) is 0 Å². The summed E-state index contributed by atoms with van der Waals surface area (Å²) in [7, 11) is 6.25. The van der Waals surface area contributed by atoms with E-state index in [1.807, 2.05) is 0 Å². The molecule has 6 heavy (non-hydrogen) atoms. The van der Waals surface area contributed by atoms with Crippen LogP contribution in [-0.4, -0.2) is 38.7 Å². The van der Waals surface area contributed by atoms with E-state index in [-0.39, 0.29) is 30.0 Å². The molecule has 0 aromatic carbocycles. The Morgan fingerprint density at radius 3 is 1.00 bits per heavy atom. The minimum atomic E-state index is 0. The molecule has 0 heterocycles. The summed E-state index contributed by atoms with van der Waals surface area (Å²) in [5.74, 6) is 0. The second-order valence-electron chi connectivity index (χ2n) is 1.50. The van der Waals surface area contributed by atoms with Crippen molar-refractivity contribution in [3.63, 3.8) is 0 Å². The van der Waals surface area contributed by atoms with Crippen LogP contribution in [0.4, 0.5) is 0 Å². The summed E-state index contributed by atoms with van der Waals surface area (Å²) in [6, 6.07) is 0. The molecule has 0 aliphatic heterocycles. The van der Waals surface area contributed by atoms with Crippen LogP contribution in [-0.2, 0) is 0 Å². The molecule has 0 bridgehead atoms. The fraction of sp³-hybridized carbons (Fsp3) is 1.00. The first kappa shape index (κ1) is 15.8. The maximum atomic E-state index is 2.08. The molecule has 0 saturated carbocycles. The Hall–Kier alpha value is 0.793. The molecule has 0 aliphatic rings. The zero-order chi connectivity index (χ0) is 3.58. The number of quaternary nitrogens is 1. The molecule has 0 aliphatic carbocycles. The van der Waals surface area contributed by atoms with Crippen molar-refractivity contribution in [1.29, 1.82) is 0 Å². The standard InChI is InChI=1S/C3H9N.ClH.GeH4/c1-4(2)3;;/h1-3H3;1H;1H4. The van der Waals surface area contributed by atoms with Crippen LogP contribution in [0.2, 0.25) is 0 Å².